The molecular formula is C14H18N2O4. The molecule has 0 aliphatic carbocycles. The minimum Gasteiger partial charge on any atom is -0.472 e. The summed E-state index contributed by atoms with van der Waals surface area (Å²) in [6.07, 6.45) is 2.51. The zero-order valence-corrected chi connectivity index (χ0v) is 11.3. The van der Waals surface area contributed by atoms with Gasteiger partial charge in [-0.2, -0.15) is 0 Å². The van der Waals surface area contributed by atoms with Gasteiger partial charge in [0.1, 0.15) is 6.10 Å². The lowest BCUT2D eigenvalue weighted by molar-refractivity contribution is 0.0302. The standard InChI is InChI=1S/C14H18N2O4/c17-14(16-4-7-18-8-5-16)11-1-3-15-13(9-11)20-12-2-6-19-10-12/h1,3,9,12H,2,4-8,10H2. The van der Waals surface area contributed by atoms with Gasteiger partial charge in [0, 0.05) is 37.3 Å². The van der Waals surface area contributed by atoms with Gasteiger partial charge < -0.3 is 19.1 Å². The first kappa shape index (κ1) is 13.3. The molecule has 108 valence electrons. The van der Waals surface area contributed by atoms with E-state index in [2.05, 4.69) is 4.98 Å². The van der Waals surface area contributed by atoms with Crippen molar-refractivity contribution in [3.8, 4) is 5.88 Å². The summed E-state index contributed by atoms with van der Waals surface area (Å²) in [5, 5.41) is 0. The van der Waals surface area contributed by atoms with Crippen molar-refractivity contribution in [1.82, 2.24) is 9.88 Å². The molecule has 0 bridgehead atoms. The molecule has 20 heavy (non-hydrogen) atoms. The summed E-state index contributed by atoms with van der Waals surface area (Å²) in [4.78, 5) is 18.3. The van der Waals surface area contributed by atoms with Gasteiger partial charge in [0.05, 0.1) is 26.4 Å². The SMILES string of the molecule is O=C(c1ccnc(OC2CCOC2)c1)N1CCOCC1. The number of carbonyl (C=O) groups is 1. The van der Waals surface area contributed by atoms with Crippen molar-refractivity contribution in [1.29, 1.82) is 0 Å². The van der Waals surface area contributed by atoms with Gasteiger partial charge in [-0.25, -0.2) is 4.98 Å². The van der Waals surface area contributed by atoms with Crippen LogP contribution in [0.3, 0.4) is 0 Å². The molecule has 1 aromatic rings. The number of hydrogen-bond acceptors (Lipinski definition) is 5. The number of rotatable bonds is 3. The number of nitrogens with zero attached hydrogens (tertiary/aromatic N) is 2. The zero-order valence-electron chi connectivity index (χ0n) is 11.3. The minimum atomic E-state index is 0.00298. The van der Waals surface area contributed by atoms with Gasteiger partial charge in [0.15, 0.2) is 0 Å². The number of amides is 1. The molecule has 2 aliphatic heterocycles. The third-order valence-electron chi connectivity index (χ3n) is 3.46. The fourth-order valence-electron chi connectivity index (χ4n) is 2.33. The Labute approximate surface area is 117 Å². The topological polar surface area (TPSA) is 60.9 Å². The Balaban J connectivity index is 1.67. The summed E-state index contributed by atoms with van der Waals surface area (Å²) in [5.74, 6) is 0.489. The van der Waals surface area contributed by atoms with Crippen LogP contribution in [0.15, 0.2) is 18.3 Å². The Morgan fingerprint density at radius 1 is 1.30 bits per heavy atom. The molecule has 3 rings (SSSR count). The van der Waals surface area contributed by atoms with Gasteiger partial charge in [0.25, 0.3) is 5.91 Å². The van der Waals surface area contributed by atoms with Crippen molar-refractivity contribution in [2.24, 2.45) is 0 Å². The molecule has 1 unspecified atom stereocenters. The highest BCUT2D eigenvalue weighted by atomic mass is 16.5. The molecule has 1 aromatic heterocycles. The fraction of sp³-hybridized carbons (Fsp3) is 0.571. The van der Waals surface area contributed by atoms with E-state index in [1.165, 1.54) is 0 Å². The van der Waals surface area contributed by atoms with E-state index in [9.17, 15) is 4.79 Å². The Morgan fingerprint density at radius 3 is 2.90 bits per heavy atom. The molecule has 1 amide bonds. The van der Waals surface area contributed by atoms with Gasteiger partial charge in [0.2, 0.25) is 5.88 Å². The van der Waals surface area contributed by atoms with E-state index in [0.717, 1.165) is 13.0 Å². The Hall–Kier alpha value is -1.66. The first-order chi connectivity index (χ1) is 9.83. The van der Waals surface area contributed by atoms with Crippen molar-refractivity contribution < 1.29 is 19.0 Å². The van der Waals surface area contributed by atoms with Gasteiger partial charge in [-0.1, -0.05) is 0 Å². The molecule has 0 aromatic carbocycles. The van der Waals surface area contributed by atoms with Crippen molar-refractivity contribution in [2.75, 3.05) is 39.5 Å². The number of hydrogen-bond donors (Lipinski definition) is 0. The second-order valence-electron chi connectivity index (χ2n) is 4.89. The second kappa shape index (κ2) is 6.19. The number of carbonyl (C=O) groups excluding carboxylic acids is 1. The smallest absolute Gasteiger partial charge is 0.254 e. The van der Waals surface area contributed by atoms with Crippen LogP contribution in [0.4, 0.5) is 0 Å². The molecule has 0 radical (unpaired) electrons. The number of pyridine rings is 1. The van der Waals surface area contributed by atoms with E-state index in [1.807, 2.05) is 0 Å². The van der Waals surface area contributed by atoms with E-state index in [4.69, 9.17) is 14.2 Å². The fourth-order valence-corrected chi connectivity index (χ4v) is 2.33. The molecule has 1 atom stereocenters. The molecule has 0 spiro atoms. The average molecular weight is 278 g/mol. The van der Waals surface area contributed by atoms with Crippen LogP contribution in [0.1, 0.15) is 16.8 Å². The predicted octanol–water partition coefficient (Wildman–Crippen LogP) is 0.722. The molecule has 2 aliphatic rings. The largest absolute Gasteiger partial charge is 0.472 e. The second-order valence-corrected chi connectivity index (χ2v) is 4.89. The lowest BCUT2D eigenvalue weighted by atomic mass is 10.2. The summed E-state index contributed by atoms with van der Waals surface area (Å²) in [5.41, 5.74) is 0.607. The Bertz CT molecular complexity index is 468. The summed E-state index contributed by atoms with van der Waals surface area (Å²) < 4.78 is 16.2. The van der Waals surface area contributed by atoms with Gasteiger partial charge in [-0.05, 0) is 6.07 Å². The molecule has 0 saturated carbocycles. The minimum absolute atomic E-state index is 0.00298. The lowest BCUT2D eigenvalue weighted by Gasteiger charge is -2.26. The zero-order chi connectivity index (χ0) is 13.8. The van der Waals surface area contributed by atoms with Crippen LogP contribution in [0.25, 0.3) is 0 Å². The third-order valence-corrected chi connectivity index (χ3v) is 3.46. The van der Waals surface area contributed by atoms with E-state index in [1.54, 1.807) is 23.2 Å². The van der Waals surface area contributed by atoms with Gasteiger partial charge in [-0.15, -0.1) is 0 Å². The summed E-state index contributed by atoms with van der Waals surface area (Å²) in [6.45, 7) is 3.77. The molecule has 2 saturated heterocycles. The first-order valence-corrected chi connectivity index (χ1v) is 6.90. The van der Waals surface area contributed by atoms with Gasteiger partial charge >= 0.3 is 0 Å². The molecule has 0 N–H and O–H groups in total. The van der Waals surface area contributed by atoms with Crippen LogP contribution >= 0.6 is 0 Å². The highest BCUT2D eigenvalue weighted by Gasteiger charge is 2.21. The highest BCUT2D eigenvalue weighted by molar-refractivity contribution is 5.94. The summed E-state index contributed by atoms with van der Waals surface area (Å²) >= 11 is 0. The molecule has 3 heterocycles. The van der Waals surface area contributed by atoms with E-state index in [0.29, 0.717) is 44.4 Å². The number of morpholine rings is 1. The molecule has 6 nitrogen and oxygen atoms in total. The highest BCUT2D eigenvalue weighted by Crippen LogP contribution is 2.17. The van der Waals surface area contributed by atoms with Crippen LogP contribution in [0.5, 0.6) is 5.88 Å². The van der Waals surface area contributed by atoms with Crippen molar-refractivity contribution in [3.63, 3.8) is 0 Å². The summed E-state index contributed by atoms with van der Waals surface area (Å²) in [6, 6.07) is 3.42. The molecular weight excluding hydrogens is 260 g/mol. The van der Waals surface area contributed by atoms with E-state index >= 15 is 0 Å². The quantitative estimate of drug-likeness (QED) is 0.815. The van der Waals surface area contributed by atoms with Crippen molar-refractivity contribution >= 4 is 5.91 Å². The number of aromatic nitrogens is 1. The first-order valence-electron chi connectivity index (χ1n) is 6.90. The summed E-state index contributed by atoms with van der Waals surface area (Å²) in [7, 11) is 0. The van der Waals surface area contributed by atoms with E-state index in [-0.39, 0.29) is 12.0 Å². The van der Waals surface area contributed by atoms with Crippen LogP contribution < -0.4 is 4.74 Å². The third kappa shape index (κ3) is 3.08. The van der Waals surface area contributed by atoms with Crippen molar-refractivity contribution in [3.05, 3.63) is 23.9 Å². The van der Waals surface area contributed by atoms with Crippen LogP contribution in [0, 0.1) is 0 Å². The maximum Gasteiger partial charge on any atom is 0.254 e. The average Bonchev–Trinajstić information content (AvgIpc) is 3.01. The number of ether oxygens (including phenoxy) is 3. The maximum absolute atomic E-state index is 12.4. The van der Waals surface area contributed by atoms with Crippen LogP contribution in [-0.2, 0) is 9.47 Å². The van der Waals surface area contributed by atoms with Crippen LogP contribution in [0.2, 0.25) is 0 Å². The normalized spacial score (nSPS) is 22.8. The Morgan fingerprint density at radius 2 is 2.15 bits per heavy atom. The van der Waals surface area contributed by atoms with Crippen LogP contribution in [-0.4, -0.2) is 61.4 Å². The maximum atomic E-state index is 12.4. The van der Waals surface area contributed by atoms with Gasteiger partial charge in [-0.3, -0.25) is 4.79 Å². The van der Waals surface area contributed by atoms with E-state index < -0.39 is 0 Å². The monoisotopic (exact) mass is 278 g/mol. The predicted molar refractivity (Wildman–Crippen MR) is 70.8 cm³/mol. The molecule has 2 fully saturated rings. The van der Waals surface area contributed by atoms with Crippen molar-refractivity contribution in [2.45, 2.75) is 12.5 Å². The molecule has 6 heteroatoms. The Kier molecular flexibility index (Phi) is 4.13. The lowest BCUT2D eigenvalue weighted by Crippen LogP contribution is -2.40.